The van der Waals surface area contributed by atoms with Crippen molar-refractivity contribution in [3.63, 3.8) is 0 Å². The maximum Gasteiger partial charge on any atom is 0.349 e. The standard InChI is InChI=1S/C100H158N20O12/c1-96(2)58-72(83(79(63-96)118-37-28-29-38-118)89(122)114(23)55-52-111(20)49-45-107(13)14)76(66-101)92(125)129-68-100(70-131-94(127)86(103-9)74-60-98(5,6)62-78(117-35-26-27-36-117)82(74)88(121)105-34-43-110(19)48-44-106(11)12,69-130-93(126)77(67-102)73-59-97(3,4)64-80(119-39-30-31-40-119)84(73)90(123)115(24)56-53-112(21)50-46-108(15)16)71-132-95(128)87(104-10)75-61-99(7,8)65-81(120-41-32-33-42-120)85(75)91(124)116(25)57-54-113(22)51-47-109(17)18/h26-65,68-71H2,1-8,11-25H3,(H,105,121)/b76-72+,77-73+,86-74+,87-75-. The number of allylic oxidation sites excluding steroid dienone is 4. The summed E-state index contributed by atoms with van der Waals surface area (Å²) >= 11 is 0. The number of carbonyl (C=O) groups is 8. The van der Waals surface area contributed by atoms with E-state index in [0.29, 0.717) is 140 Å². The third-order valence-electron chi connectivity index (χ3n) is 26.8. The fourth-order valence-electron chi connectivity index (χ4n) is 18.8. The third-order valence-corrected chi connectivity index (χ3v) is 26.8. The maximum atomic E-state index is 16.1. The summed E-state index contributed by atoms with van der Waals surface area (Å²) in [4.78, 5) is 165. The van der Waals surface area contributed by atoms with Crippen LogP contribution in [-0.2, 0) is 57.3 Å². The Hall–Kier alpha value is -9.48. The molecule has 4 saturated heterocycles. The van der Waals surface area contributed by atoms with E-state index in [1.54, 1.807) is 35.8 Å². The van der Waals surface area contributed by atoms with Gasteiger partial charge in [-0.2, -0.15) is 10.5 Å². The van der Waals surface area contributed by atoms with E-state index in [9.17, 15) is 10.5 Å². The van der Waals surface area contributed by atoms with Gasteiger partial charge in [-0.1, -0.05) is 55.4 Å². The fourth-order valence-corrected chi connectivity index (χ4v) is 18.8. The summed E-state index contributed by atoms with van der Waals surface area (Å²) in [5, 5.41) is 26.7. The summed E-state index contributed by atoms with van der Waals surface area (Å²) in [5.41, 5.74) is -3.23. The molecule has 0 bridgehead atoms. The minimum Gasteiger partial charge on any atom is -0.470 e. The molecular formula is C100H158N20O12. The number of hydrogen-bond donors (Lipinski definition) is 1. The largest absolute Gasteiger partial charge is 0.470 e. The maximum absolute atomic E-state index is 16.1. The molecule has 8 aliphatic rings. The smallest absolute Gasteiger partial charge is 0.349 e. The Balaban J connectivity index is 1.38. The molecule has 4 aliphatic heterocycles. The molecule has 730 valence electrons. The Bertz CT molecular complexity index is 4240. The average Bonchev–Trinajstić information content (AvgIpc) is 0.910. The van der Waals surface area contributed by atoms with Crippen LogP contribution in [0.25, 0.3) is 9.69 Å². The predicted molar refractivity (Wildman–Crippen MR) is 512 cm³/mol. The molecule has 32 heteroatoms. The predicted octanol–water partition coefficient (Wildman–Crippen LogP) is 8.28. The van der Waals surface area contributed by atoms with Crippen molar-refractivity contribution in [2.75, 3.05) is 289 Å². The number of nitriles is 2. The molecule has 4 amide bonds. The lowest BCUT2D eigenvalue weighted by Crippen LogP contribution is -2.45. The van der Waals surface area contributed by atoms with E-state index in [0.717, 1.165) is 97.2 Å². The quantitative estimate of drug-likeness (QED) is 0.0197. The molecular weight excluding hydrogens is 1670 g/mol. The number of likely N-dealkylation sites (tertiary alicyclic amines) is 4. The molecule has 132 heavy (non-hydrogen) atoms. The first-order chi connectivity index (χ1) is 62.2. The highest BCUT2D eigenvalue weighted by Crippen LogP contribution is 2.51. The summed E-state index contributed by atoms with van der Waals surface area (Å²) in [7, 11) is 28.9. The topological polar surface area (TPSA) is 290 Å². The first-order valence-electron chi connectivity index (χ1n) is 47.7. The van der Waals surface area contributed by atoms with Gasteiger partial charge < -0.3 is 97.8 Å². The number of amides is 4. The van der Waals surface area contributed by atoms with Crippen molar-refractivity contribution in [2.24, 2.45) is 27.1 Å². The van der Waals surface area contributed by atoms with Gasteiger partial charge in [-0.25, -0.2) is 19.3 Å². The lowest BCUT2D eigenvalue weighted by molar-refractivity contribution is -0.165. The van der Waals surface area contributed by atoms with E-state index in [4.69, 9.17) is 32.1 Å². The van der Waals surface area contributed by atoms with Gasteiger partial charge in [0.05, 0.1) is 35.4 Å². The molecule has 0 radical (unpaired) electrons. The molecule has 4 fully saturated rings. The molecule has 0 aromatic carbocycles. The molecule has 4 heterocycles. The molecule has 0 spiro atoms. The Morgan fingerprint density at radius 3 is 0.841 bits per heavy atom. The molecule has 0 aromatic rings. The summed E-state index contributed by atoms with van der Waals surface area (Å²) < 4.78 is 26.3. The highest BCUT2D eigenvalue weighted by molar-refractivity contribution is 6.07. The molecule has 0 saturated carbocycles. The Morgan fingerprint density at radius 2 is 0.576 bits per heavy atom. The SMILES string of the molecule is [C-]#[N+]/C(C(=O)OCC(COC(=O)/C(C#N)=C1\CC(C)(C)CC(N2CCCC2)=C1C(=O)N(C)CCN(C)CCN(C)C)(COC(=O)/C(C#N)=C1\CC(C)(C)CC(N2CCCC2)=C1C(=O)N(C)CCN(C)CCN(C)C)COC(=O)/C([N+]#[C-])=C1/CC(C)(C)CC(N2CCCC2)=C1C(=O)NCCN(C)CCN(C)C)=C1/CC(C)(C)CC(N2CCCC2)=C1C(=O)N(C)CCN(C)CCN(C)C. The first-order valence-corrected chi connectivity index (χ1v) is 47.7. The van der Waals surface area contributed by atoms with Gasteiger partial charge in [0.15, 0.2) is 0 Å². The van der Waals surface area contributed by atoms with Crippen LogP contribution in [0.2, 0.25) is 0 Å². The zero-order valence-corrected chi connectivity index (χ0v) is 84.5. The van der Waals surface area contributed by atoms with Crippen molar-refractivity contribution >= 4 is 47.5 Å². The highest BCUT2D eigenvalue weighted by atomic mass is 16.6. The van der Waals surface area contributed by atoms with Crippen molar-refractivity contribution in [1.82, 2.24) is 78.8 Å². The molecule has 0 atom stereocenters. The minimum absolute atomic E-state index is 0.0575. The van der Waals surface area contributed by atoms with E-state index in [2.05, 4.69) is 85.9 Å². The summed E-state index contributed by atoms with van der Waals surface area (Å²) in [6, 6.07) is 4.33. The fraction of sp³-hybridized carbons (Fsp3) is 0.720. The van der Waals surface area contributed by atoms with Gasteiger partial charge in [0.2, 0.25) is 0 Å². The van der Waals surface area contributed by atoms with Gasteiger partial charge in [0.1, 0.15) is 55.1 Å². The van der Waals surface area contributed by atoms with Crippen LogP contribution < -0.4 is 5.32 Å². The summed E-state index contributed by atoms with van der Waals surface area (Å²) in [6.07, 6.45) is 8.65. The molecule has 1 N–H and O–H groups in total. The number of esters is 4. The average molecular weight is 1830 g/mol. The lowest BCUT2D eigenvalue weighted by atomic mass is 9.72. The van der Waals surface area contributed by atoms with E-state index in [1.165, 1.54) is 0 Å². The number of hydrogen-bond acceptors (Lipinski definition) is 26. The monoisotopic (exact) mass is 1830 g/mol. The number of ether oxygens (including phenoxy) is 4. The summed E-state index contributed by atoms with van der Waals surface area (Å²) in [5.74, 6) is -6.77. The highest BCUT2D eigenvalue weighted by Gasteiger charge is 2.48. The number of nitrogens with zero attached hydrogens (tertiary/aromatic N) is 19. The van der Waals surface area contributed by atoms with E-state index in [1.807, 2.05) is 140 Å². The van der Waals surface area contributed by atoms with E-state index < -0.39 is 124 Å². The Kier molecular flexibility index (Phi) is 39.7. The van der Waals surface area contributed by atoms with E-state index >= 15 is 38.4 Å². The van der Waals surface area contributed by atoms with Gasteiger partial charge in [-0.05, 0) is 231 Å². The number of nitrogens with one attached hydrogen (secondary N) is 1. The first kappa shape index (κ1) is 108. The van der Waals surface area contributed by atoms with Gasteiger partial charge in [-0.3, -0.25) is 28.8 Å². The molecule has 0 aromatic heterocycles. The molecule has 4 aliphatic carbocycles. The normalized spacial score (nSPS) is 20.2. The number of likely N-dealkylation sites (N-methyl/N-ethyl adjacent to an activating group) is 11. The van der Waals surface area contributed by atoms with Crippen molar-refractivity contribution in [3.8, 4) is 12.1 Å². The van der Waals surface area contributed by atoms with Crippen LogP contribution in [0.5, 0.6) is 0 Å². The molecule has 0 unspecified atom stereocenters. The van der Waals surface area contributed by atoms with Crippen molar-refractivity contribution in [1.29, 1.82) is 10.5 Å². The van der Waals surface area contributed by atoms with Crippen molar-refractivity contribution < 1.29 is 57.3 Å². The van der Waals surface area contributed by atoms with Gasteiger partial charge >= 0.3 is 23.9 Å². The van der Waals surface area contributed by atoms with Crippen molar-refractivity contribution in [2.45, 2.75) is 158 Å². The lowest BCUT2D eigenvalue weighted by Gasteiger charge is -2.40. The number of carbonyl (C=O) groups excluding carboxylic acids is 8. The van der Waals surface area contributed by atoms with Crippen LogP contribution in [0.4, 0.5) is 0 Å². The van der Waals surface area contributed by atoms with Crippen LogP contribution in [0.15, 0.2) is 89.9 Å². The van der Waals surface area contributed by atoms with E-state index in [-0.39, 0.29) is 89.9 Å². The van der Waals surface area contributed by atoms with Crippen LogP contribution in [-0.4, -0.2) is 410 Å². The third kappa shape index (κ3) is 30.0. The van der Waals surface area contributed by atoms with Crippen LogP contribution in [0.3, 0.4) is 0 Å². The van der Waals surface area contributed by atoms with Gasteiger partial charge in [-0.15, -0.1) is 0 Å². The zero-order chi connectivity index (χ0) is 97.5. The second-order valence-electron chi connectivity index (χ2n) is 42.6. The van der Waals surface area contributed by atoms with Crippen LogP contribution >= 0.6 is 0 Å². The summed E-state index contributed by atoms with van der Waals surface area (Å²) in [6.45, 7) is 44.0. The van der Waals surface area contributed by atoms with Crippen LogP contribution in [0, 0.1) is 62.9 Å². The Morgan fingerprint density at radius 1 is 0.341 bits per heavy atom. The van der Waals surface area contributed by atoms with Gasteiger partial charge in [0.25, 0.3) is 35.0 Å². The number of rotatable bonds is 44. The van der Waals surface area contributed by atoms with Crippen molar-refractivity contribution in [3.05, 3.63) is 113 Å². The van der Waals surface area contributed by atoms with Gasteiger partial charge in [0, 0.05) is 201 Å². The minimum atomic E-state index is -2.37. The zero-order valence-electron chi connectivity index (χ0n) is 84.5. The Labute approximate surface area is 789 Å². The second kappa shape index (κ2) is 48.6. The molecule has 32 nitrogen and oxygen atoms in total. The van der Waals surface area contributed by atoms with Crippen LogP contribution in [0.1, 0.15) is 158 Å². The molecule has 8 rings (SSSR count). The second-order valence-corrected chi connectivity index (χ2v) is 42.6.